The van der Waals surface area contributed by atoms with E-state index in [-0.39, 0.29) is 52.2 Å². The number of halogens is 3. The van der Waals surface area contributed by atoms with Gasteiger partial charge in [-0.05, 0) is 348 Å². The van der Waals surface area contributed by atoms with Gasteiger partial charge in [0.2, 0.25) is 0 Å². The van der Waals surface area contributed by atoms with Crippen LogP contribution in [-0.4, -0.2) is 120 Å². The zero-order chi connectivity index (χ0) is 99.0. The average molecular weight is 1870 g/mol. The summed E-state index contributed by atoms with van der Waals surface area (Å²) in [7, 11) is 0. The molecule has 16 heteroatoms. The molecule has 12 aromatic carbocycles. The number of Topliss-reactive ketones (excluding diaryl/α,β-unsaturated/α-hetero) is 6. The molecule has 6 aliphatic heterocycles. The minimum Gasteiger partial charge on any atom is -0.316 e. The van der Waals surface area contributed by atoms with Crippen LogP contribution >= 0.6 is 0 Å². The van der Waals surface area contributed by atoms with E-state index < -0.39 is 0 Å². The van der Waals surface area contributed by atoms with Gasteiger partial charge in [0, 0.05) is 44.5 Å². The van der Waals surface area contributed by atoms with Crippen molar-refractivity contribution in [1.29, 1.82) is 0 Å². The first-order valence-corrected chi connectivity index (χ1v) is 49.1. The molecule has 0 atom stereocenters. The van der Waals surface area contributed by atoms with Crippen LogP contribution in [0.15, 0.2) is 319 Å². The van der Waals surface area contributed by atoms with Crippen molar-refractivity contribution >= 4 is 74.4 Å². The van der Waals surface area contributed by atoms with Crippen LogP contribution < -0.4 is 31.9 Å². The van der Waals surface area contributed by atoms with Crippen molar-refractivity contribution in [2.45, 2.75) is 139 Å². The van der Waals surface area contributed by atoms with Crippen LogP contribution in [0.1, 0.15) is 275 Å². The Morgan fingerprint density at radius 2 is 0.450 bits per heavy atom. The van der Waals surface area contributed by atoms with Crippen molar-refractivity contribution in [1.82, 2.24) is 31.9 Å². The Morgan fingerprint density at radius 1 is 0.221 bits per heavy atom. The third-order valence-electron chi connectivity index (χ3n) is 26.5. The molecule has 6 heterocycles. The van der Waals surface area contributed by atoms with Gasteiger partial charge in [-0.2, -0.15) is 0 Å². The van der Waals surface area contributed by atoms with Crippen LogP contribution in [0.2, 0.25) is 0 Å². The fourth-order valence-corrected chi connectivity index (χ4v) is 18.9. The maximum atomic E-state index is 14.4. The smallest absolute Gasteiger partial charge is 0.159 e. The van der Waals surface area contributed by atoms with E-state index in [4.69, 9.17) is 0 Å². The van der Waals surface area contributed by atoms with Crippen molar-refractivity contribution in [2.75, 3.05) is 78.5 Å². The molecular formula is C124H129F3N6O7. The molecule has 0 aromatic heterocycles. The third kappa shape index (κ3) is 28.8. The van der Waals surface area contributed by atoms with Crippen LogP contribution in [0.4, 0.5) is 13.2 Å². The Hall–Kier alpha value is -13.7. The number of aryl methyl sites for hydroxylation is 3. The van der Waals surface area contributed by atoms with Crippen molar-refractivity contribution in [2.24, 2.45) is 0 Å². The Balaban J connectivity index is 0.000000141. The fourth-order valence-electron chi connectivity index (χ4n) is 18.9. The zero-order valence-corrected chi connectivity index (χ0v) is 82.2. The Labute approximate surface area is 824 Å². The fraction of sp³-hybridized carbons (Fsp3) is 0.266. The predicted molar refractivity (Wildman–Crippen MR) is 566 cm³/mol. The quantitative estimate of drug-likeness (QED) is 0.0331. The molecule has 18 rings (SSSR count). The van der Waals surface area contributed by atoms with E-state index in [1.165, 1.54) is 119 Å². The Bertz CT molecular complexity index is 6390. The summed E-state index contributed by atoms with van der Waals surface area (Å²) in [5, 5.41) is 20.3. The lowest BCUT2D eigenvalue weighted by molar-refractivity contribution is 0.100. The molecule has 6 fully saturated rings. The molecule has 12 aromatic rings. The number of rotatable bonds is 19. The summed E-state index contributed by atoms with van der Waals surface area (Å²) in [4.78, 5) is 79.9. The molecule has 0 aliphatic carbocycles. The molecule has 13 nitrogen and oxygen atoms in total. The van der Waals surface area contributed by atoms with Crippen LogP contribution in [0.25, 0.3) is 33.4 Å². The van der Waals surface area contributed by atoms with Gasteiger partial charge in [-0.1, -0.05) is 299 Å². The van der Waals surface area contributed by atoms with Crippen molar-refractivity contribution in [3.63, 3.8) is 0 Å². The number of hydrogen-bond donors (Lipinski definition) is 6. The minimum absolute atomic E-state index is 0.0403. The van der Waals surface area contributed by atoms with E-state index in [1.54, 1.807) is 54.5 Å². The highest BCUT2D eigenvalue weighted by Gasteiger charge is 2.24. The lowest BCUT2D eigenvalue weighted by atomic mass is 9.88. The van der Waals surface area contributed by atoms with Crippen molar-refractivity contribution < 1.29 is 46.7 Å². The first-order valence-electron chi connectivity index (χ1n) is 49.1. The lowest BCUT2D eigenvalue weighted by Gasteiger charge is -2.21. The second-order valence-electron chi connectivity index (χ2n) is 36.6. The largest absolute Gasteiger partial charge is 0.316 e. The average Bonchev–Trinajstić information content (AvgIpc) is 0.792. The molecule has 6 saturated heterocycles. The molecular weight excluding hydrogens is 1740 g/mol. The second-order valence-corrected chi connectivity index (χ2v) is 36.6. The van der Waals surface area contributed by atoms with E-state index in [9.17, 15) is 46.7 Å². The highest BCUT2D eigenvalue weighted by molar-refractivity contribution is 5.99. The molecule has 0 bridgehead atoms. The number of benzene rings is 12. The van der Waals surface area contributed by atoms with Crippen LogP contribution in [0.5, 0.6) is 0 Å². The standard InChI is InChI=1S/C21H22FNO.C21H21NO2.2C21H23NO.2C20H20FNO/c1-14-13-19(7-8-20(14)22)21(18-9-11-23-12-10-18)17-5-3-16(4-6-17)15(2)24;1-15(24)17-6-8-19(9-7-17)21(20-10-12-22-13-11-20)18-4-2-16(14-23)3-5-18;1-15-3-5-18(6-4-15)21(20-11-13-22-14-12-20)19-9-7-17(8-10-19)16(2)23;1-15-4-3-5-20(14-15)21(19-10-12-22-13-11-19)18-8-6-17(7-9-18)16(2)23;1-14(23)15-2-4-16(5-3-15)20(18-10-12-22-13-11-18)17-6-8-19(21)9-7-17;1-14(23)15-6-8-16(9-7-15)20(17-10-12-22-13-11-17)18-4-2-3-5-19(18)21/h3-8,13,23H,9-12H2,1-2H3;2-9,14,22H,10-13H2,1H3;3-10,22H,11-14H2,1-2H3;3-9,14,22H,10-13H2,1-2H3;2*2-9,22H,10-13H2,1H3. The molecule has 0 unspecified atom stereocenters. The summed E-state index contributed by atoms with van der Waals surface area (Å²) in [6, 6.07) is 90.9. The number of nitrogens with one attached hydrogen (secondary N) is 6. The minimum atomic E-state index is -0.227. The monoisotopic (exact) mass is 1870 g/mol. The van der Waals surface area contributed by atoms with E-state index in [1.807, 2.05) is 182 Å². The number of carbonyl (C=O) groups is 7. The van der Waals surface area contributed by atoms with Gasteiger partial charge in [-0.25, -0.2) is 13.2 Å². The predicted octanol–water partition coefficient (Wildman–Crippen LogP) is 25.6. The van der Waals surface area contributed by atoms with Crippen molar-refractivity contribution in [3.05, 3.63) is 458 Å². The molecule has 0 saturated carbocycles. The summed E-state index contributed by atoms with van der Waals surface area (Å²) in [5.41, 5.74) is 37.0. The zero-order valence-electron chi connectivity index (χ0n) is 82.2. The summed E-state index contributed by atoms with van der Waals surface area (Å²) in [6.07, 6.45) is 13.0. The summed E-state index contributed by atoms with van der Waals surface area (Å²) in [6.45, 7) is 27.3. The van der Waals surface area contributed by atoms with Gasteiger partial charge in [0.25, 0.3) is 0 Å². The number of aldehydes is 1. The SMILES string of the molecule is CC(=O)c1ccc(C(=C2CCNCC2)c2ccc(C)cc2)cc1.CC(=O)c1ccc(C(=C2CCNCC2)c2ccc(C=O)cc2)cc1.CC(=O)c1ccc(C(=C2CCNCC2)c2ccc(F)c(C)c2)cc1.CC(=O)c1ccc(C(=C2CCNCC2)c2ccc(F)cc2)cc1.CC(=O)c1ccc(C(=C2CCNCC2)c2cccc(C)c2)cc1.CC(=O)c1ccc(C(=C2CCNCC2)c2ccccc2F)cc1. The third-order valence-corrected chi connectivity index (χ3v) is 26.5. The van der Waals surface area contributed by atoms with Crippen LogP contribution in [0.3, 0.4) is 0 Å². The number of ketones is 6. The molecule has 0 amide bonds. The van der Waals surface area contributed by atoms with E-state index in [0.29, 0.717) is 33.4 Å². The summed E-state index contributed by atoms with van der Waals surface area (Å²) < 4.78 is 41.3. The van der Waals surface area contributed by atoms with Gasteiger partial charge < -0.3 is 31.9 Å². The topological polar surface area (TPSA) is 192 Å². The van der Waals surface area contributed by atoms with Crippen LogP contribution in [0, 0.1) is 38.2 Å². The van der Waals surface area contributed by atoms with Gasteiger partial charge in [0.1, 0.15) is 23.7 Å². The lowest BCUT2D eigenvalue weighted by Crippen LogP contribution is -2.24. The van der Waals surface area contributed by atoms with Crippen molar-refractivity contribution in [3.8, 4) is 0 Å². The highest BCUT2D eigenvalue weighted by atomic mass is 19.1. The Morgan fingerprint density at radius 3 is 0.714 bits per heavy atom. The molecule has 0 spiro atoms. The number of hydrogen-bond acceptors (Lipinski definition) is 13. The normalized spacial score (nSPS) is 14.5. The highest BCUT2D eigenvalue weighted by Crippen LogP contribution is 2.40. The van der Waals surface area contributed by atoms with Gasteiger partial charge in [0.15, 0.2) is 34.7 Å². The molecule has 6 N–H and O–H groups in total. The maximum absolute atomic E-state index is 14.4. The maximum Gasteiger partial charge on any atom is 0.159 e. The Kier molecular flexibility index (Phi) is 38.4. The second kappa shape index (κ2) is 51.8. The first-order chi connectivity index (χ1) is 67.9. The summed E-state index contributed by atoms with van der Waals surface area (Å²) >= 11 is 0. The van der Waals surface area contributed by atoms with Gasteiger partial charge in [-0.15, -0.1) is 0 Å². The van der Waals surface area contributed by atoms with Gasteiger partial charge in [0.05, 0.1) is 0 Å². The molecule has 6 aliphatic rings. The van der Waals surface area contributed by atoms with E-state index in [0.717, 1.165) is 223 Å². The molecule has 0 radical (unpaired) electrons. The molecule has 140 heavy (non-hydrogen) atoms. The van der Waals surface area contributed by atoms with Gasteiger partial charge >= 0.3 is 0 Å². The van der Waals surface area contributed by atoms with E-state index >= 15 is 0 Å². The molecule has 718 valence electrons. The van der Waals surface area contributed by atoms with Crippen LogP contribution in [-0.2, 0) is 0 Å². The van der Waals surface area contributed by atoms with Gasteiger partial charge in [-0.3, -0.25) is 33.6 Å². The number of piperidine rings is 6. The van der Waals surface area contributed by atoms with E-state index in [2.05, 4.69) is 119 Å². The summed E-state index contributed by atoms with van der Waals surface area (Å²) in [5.74, 6) is -0.137. The first kappa shape index (κ1) is 104. The number of carbonyl (C=O) groups excluding carboxylic acids is 7.